The molecule has 1 aliphatic rings. The fourth-order valence-corrected chi connectivity index (χ4v) is 3.98. The van der Waals surface area contributed by atoms with Gasteiger partial charge in [-0.3, -0.25) is 0 Å². The van der Waals surface area contributed by atoms with Crippen LogP contribution in [0.15, 0.2) is 60.7 Å². The second-order valence-corrected chi connectivity index (χ2v) is 7.74. The van der Waals surface area contributed by atoms with E-state index < -0.39 is 0 Å². The summed E-state index contributed by atoms with van der Waals surface area (Å²) < 4.78 is 15.9. The largest absolute Gasteiger partial charge is 0.382 e. The van der Waals surface area contributed by atoms with Crippen LogP contribution >= 0.6 is 0 Å². The SMILES string of the molecule is Cc1cccc(NC2CCN(c3ccc4nnc(-c5ccccc5F)n4n3)CC2)c1. The average Bonchev–Trinajstić information content (AvgIpc) is 3.18. The number of halogens is 1. The van der Waals surface area contributed by atoms with E-state index in [1.165, 1.54) is 17.3 Å². The van der Waals surface area contributed by atoms with E-state index in [0.717, 1.165) is 31.7 Å². The molecule has 0 radical (unpaired) electrons. The molecule has 0 amide bonds. The molecular formula is C23H23FN6. The van der Waals surface area contributed by atoms with Gasteiger partial charge in [0.15, 0.2) is 11.5 Å². The first-order valence-electron chi connectivity index (χ1n) is 10.2. The van der Waals surface area contributed by atoms with Gasteiger partial charge in [-0.2, -0.15) is 4.52 Å². The van der Waals surface area contributed by atoms with Gasteiger partial charge in [-0.15, -0.1) is 15.3 Å². The van der Waals surface area contributed by atoms with E-state index in [9.17, 15) is 4.39 Å². The lowest BCUT2D eigenvalue weighted by atomic mass is 10.0. The third kappa shape index (κ3) is 3.58. The summed E-state index contributed by atoms with van der Waals surface area (Å²) in [6, 6.07) is 19.3. The lowest BCUT2D eigenvalue weighted by molar-refractivity contribution is 0.521. The van der Waals surface area contributed by atoms with E-state index in [-0.39, 0.29) is 5.82 Å². The average molecular weight is 402 g/mol. The molecule has 1 fully saturated rings. The molecule has 1 saturated heterocycles. The summed E-state index contributed by atoms with van der Waals surface area (Å²) in [4.78, 5) is 2.26. The van der Waals surface area contributed by atoms with E-state index in [0.29, 0.717) is 23.1 Å². The number of aryl methyl sites for hydroxylation is 1. The lowest BCUT2D eigenvalue weighted by Gasteiger charge is -2.33. The van der Waals surface area contributed by atoms with Crippen LogP contribution in [0.1, 0.15) is 18.4 Å². The number of nitrogens with one attached hydrogen (secondary N) is 1. The molecule has 2 aromatic heterocycles. The van der Waals surface area contributed by atoms with Crippen LogP contribution in [0, 0.1) is 12.7 Å². The highest BCUT2D eigenvalue weighted by Gasteiger charge is 2.21. The van der Waals surface area contributed by atoms with E-state index in [2.05, 4.69) is 51.6 Å². The summed E-state index contributed by atoms with van der Waals surface area (Å²) in [6.07, 6.45) is 2.05. The number of aromatic nitrogens is 4. The molecule has 6 nitrogen and oxygen atoms in total. The highest BCUT2D eigenvalue weighted by atomic mass is 19.1. The molecule has 1 N–H and O–H groups in total. The van der Waals surface area contributed by atoms with Crippen molar-refractivity contribution >= 4 is 17.2 Å². The summed E-state index contributed by atoms with van der Waals surface area (Å²) in [5.74, 6) is 0.942. The monoisotopic (exact) mass is 402 g/mol. The van der Waals surface area contributed by atoms with Crippen LogP contribution in [-0.2, 0) is 0 Å². The zero-order chi connectivity index (χ0) is 20.5. The Morgan fingerprint density at radius 2 is 1.80 bits per heavy atom. The van der Waals surface area contributed by atoms with Crippen molar-refractivity contribution in [2.45, 2.75) is 25.8 Å². The van der Waals surface area contributed by atoms with Crippen LogP contribution in [0.2, 0.25) is 0 Å². The number of benzene rings is 2. The van der Waals surface area contributed by atoms with Crippen molar-refractivity contribution in [3.8, 4) is 11.4 Å². The maximum absolute atomic E-state index is 14.3. The van der Waals surface area contributed by atoms with Crippen LogP contribution in [0.4, 0.5) is 15.9 Å². The van der Waals surface area contributed by atoms with Crippen molar-refractivity contribution < 1.29 is 4.39 Å². The van der Waals surface area contributed by atoms with Crippen LogP contribution in [-0.4, -0.2) is 38.9 Å². The molecule has 4 aromatic rings. The minimum atomic E-state index is -0.331. The van der Waals surface area contributed by atoms with E-state index in [1.54, 1.807) is 22.7 Å². The Balaban J connectivity index is 1.33. The first-order valence-corrected chi connectivity index (χ1v) is 10.2. The number of fused-ring (bicyclic) bond motifs is 1. The first kappa shape index (κ1) is 18.5. The van der Waals surface area contributed by atoms with Gasteiger partial charge in [-0.1, -0.05) is 24.3 Å². The minimum absolute atomic E-state index is 0.331. The van der Waals surface area contributed by atoms with Gasteiger partial charge in [0.25, 0.3) is 0 Å². The summed E-state index contributed by atoms with van der Waals surface area (Å²) in [6.45, 7) is 3.91. The second kappa shape index (κ2) is 7.74. The summed E-state index contributed by atoms with van der Waals surface area (Å²) in [5.41, 5.74) is 3.44. The molecule has 0 spiro atoms. The van der Waals surface area contributed by atoms with Crippen molar-refractivity contribution in [1.29, 1.82) is 0 Å². The molecule has 0 unspecified atom stereocenters. The highest BCUT2D eigenvalue weighted by molar-refractivity contribution is 5.60. The molecule has 1 aliphatic heterocycles. The maximum Gasteiger partial charge on any atom is 0.188 e. The smallest absolute Gasteiger partial charge is 0.188 e. The molecule has 0 atom stereocenters. The maximum atomic E-state index is 14.3. The molecule has 7 heteroatoms. The Morgan fingerprint density at radius 1 is 0.967 bits per heavy atom. The second-order valence-electron chi connectivity index (χ2n) is 7.74. The predicted molar refractivity (Wildman–Crippen MR) is 116 cm³/mol. The van der Waals surface area contributed by atoms with Gasteiger partial charge in [0.05, 0.1) is 5.56 Å². The van der Waals surface area contributed by atoms with Crippen LogP contribution in [0.5, 0.6) is 0 Å². The molecule has 0 saturated carbocycles. The summed E-state index contributed by atoms with van der Waals surface area (Å²) in [7, 11) is 0. The standard InChI is InChI=1S/C23H23FN6/c1-16-5-4-6-18(15-16)25-17-11-13-29(14-12-17)22-10-9-21-26-27-23(30(21)28-22)19-7-2-3-8-20(19)24/h2-10,15,17,25H,11-14H2,1H3. The molecule has 0 aliphatic carbocycles. The number of anilines is 2. The topological polar surface area (TPSA) is 58.3 Å². The zero-order valence-electron chi connectivity index (χ0n) is 16.8. The Morgan fingerprint density at radius 3 is 2.60 bits per heavy atom. The molecule has 3 heterocycles. The van der Waals surface area contributed by atoms with Crippen molar-refractivity contribution in [2.75, 3.05) is 23.3 Å². The third-order valence-electron chi connectivity index (χ3n) is 5.57. The Kier molecular flexibility index (Phi) is 4.78. The zero-order valence-corrected chi connectivity index (χ0v) is 16.8. The summed E-state index contributed by atoms with van der Waals surface area (Å²) in [5, 5.41) is 16.7. The van der Waals surface area contributed by atoms with Gasteiger partial charge < -0.3 is 10.2 Å². The Hall–Kier alpha value is -3.48. The molecular weight excluding hydrogens is 379 g/mol. The molecule has 152 valence electrons. The van der Waals surface area contributed by atoms with Gasteiger partial charge >= 0.3 is 0 Å². The first-order chi connectivity index (χ1) is 14.7. The van der Waals surface area contributed by atoms with Crippen molar-refractivity contribution in [2.24, 2.45) is 0 Å². The minimum Gasteiger partial charge on any atom is -0.382 e. The van der Waals surface area contributed by atoms with Crippen LogP contribution < -0.4 is 10.2 Å². The quantitative estimate of drug-likeness (QED) is 0.551. The number of hydrogen-bond donors (Lipinski definition) is 1. The summed E-state index contributed by atoms with van der Waals surface area (Å²) >= 11 is 0. The molecule has 0 bridgehead atoms. The number of piperidine rings is 1. The molecule has 5 rings (SSSR count). The number of hydrogen-bond acceptors (Lipinski definition) is 5. The van der Waals surface area contributed by atoms with Gasteiger partial charge in [-0.05, 0) is 61.7 Å². The van der Waals surface area contributed by atoms with Gasteiger partial charge in [0, 0.05) is 24.8 Å². The van der Waals surface area contributed by atoms with Crippen LogP contribution in [0.3, 0.4) is 0 Å². The fraction of sp³-hybridized carbons (Fsp3) is 0.261. The van der Waals surface area contributed by atoms with Gasteiger partial charge in [-0.25, -0.2) is 4.39 Å². The fourth-order valence-electron chi connectivity index (χ4n) is 3.98. The molecule has 2 aromatic carbocycles. The Labute approximate surface area is 174 Å². The van der Waals surface area contributed by atoms with Crippen molar-refractivity contribution in [1.82, 2.24) is 19.8 Å². The van der Waals surface area contributed by atoms with E-state index >= 15 is 0 Å². The van der Waals surface area contributed by atoms with E-state index in [1.807, 2.05) is 12.1 Å². The number of rotatable bonds is 4. The van der Waals surface area contributed by atoms with Crippen molar-refractivity contribution in [3.05, 3.63) is 72.0 Å². The third-order valence-corrected chi connectivity index (χ3v) is 5.57. The van der Waals surface area contributed by atoms with E-state index in [4.69, 9.17) is 5.10 Å². The lowest BCUT2D eigenvalue weighted by Crippen LogP contribution is -2.39. The van der Waals surface area contributed by atoms with Gasteiger partial charge in [0.2, 0.25) is 0 Å². The predicted octanol–water partition coefficient (Wildman–Crippen LogP) is 4.32. The highest BCUT2D eigenvalue weighted by Crippen LogP contribution is 2.24. The molecule has 30 heavy (non-hydrogen) atoms. The normalized spacial score (nSPS) is 14.9. The number of nitrogens with zero attached hydrogens (tertiary/aromatic N) is 5. The van der Waals surface area contributed by atoms with Crippen LogP contribution in [0.25, 0.3) is 17.0 Å². The Bertz CT molecular complexity index is 1180. The van der Waals surface area contributed by atoms with Crippen molar-refractivity contribution in [3.63, 3.8) is 0 Å². The van der Waals surface area contributed by atoms with Gasteiger partial charge in [0.1, 0.15) is 11.6 Å².